The number of halogens is 3. The van der Waals surface area contributed by atoms with Crippen molar-refractivity contribution in [3.05, 3.63) is 54.1 Å². The molecule has 1 fully saturated rings. The Morgan fingerprint density at radius 1 is 1.21 bits per heavy atom. The van der Waals surface area contributed by atoms with Crippen molar-refractivity contribution in [3.8, 4) is 0 Å². The monoisotopic (exact) mass is 427 g/mol. The quantitative estimate of drug-likeness (QED) is 0.755. The molecule has 0 saturated carbocycles. The molecular formula is C18H14F3N2O5S-. The zero-order chi connectivity index (χ0) is 21.2. The minimum Gasteiger partial charge on any atom is -0.768 e. The molecule has 0 radical (unpaired) electrons. The minimum absolute atomic E-state index is 0.0636. The van der Waals surface area contributed by atoms with Crippen molar-refractivity contribution < 1.29 is 36.3 Å². The van der Waals surface area contributed by atoms with E-state index < -0.39 is 40.9 Å². The number of rotatable bonds is 4. The van der Waals surface area contributed by atoms with Gasteiger partial charge >= 0.3 is 12.3 Å². The van der Waals surface area contributed by atoms with Gasteiger partial charge in [-0.15, -0.1) is 0 Å². The third-order valence-corrected chi connectivity index (χ3v) is 4.84. The molecule has 0 spiro atoms. The third kappa shape index (κ3) is 4.93. The average Bonchev–Trinajstić information content (AvgIpc) is 3.01. The van der Waals surface area contributed by atoms with Gasteiger partial charge in [0.1, 0.15) is 0 Å². The molecule has 2 amide bonds. The Kier molecular flexibility index (Phi) is 5.89. The van der Waals surface area contributed by atoms with Crippen molar-refractivity contribution in [2.45, 2.75) is 23.6 Å². The highest BCUT2D eigenvalue weighted by atomic mass is 32.2. The van der Waals surface area contributed by atoms with E-state index in [9.17, 15) is 31.5 Å². The predicted molar refractivity (Wildman–Crippen MR) is 95.9 cm³/mol. The Balaban J connectivity index is 1.62. The first-order valence-electron chi connectivity index (χ1n) is 8.31. The number of amides is 2. The van der Waals surface area contributed by atoms with Crippen molar-refractivity contribution in [1.82, 2.24) is 0 Å². The molecule has 2 aromatic rings. The molecular weight excluding hydrogens is 413 g/mol. The normalized spacial score (nSPS) is 17.9. The molecule has 11 heteroatoms. The maximum absolute atomic E-state index is 12.7. The Morgan fingerprint density at radius 2 is 1.90 bits per heavy atom. The van der Waals surface area contributed by atoms with Crippen LogP contribution in [0.15, 0.2) is 53.4 Å². The summed E-state index contributed by atoms with van der Waals surface area (Å²) in [5, 5.41) is 2.18. The van der Waals surface area contributed by atoms with Crippen LogP contribution in [0.2, 0.25) is 0 Å². The number of ether oxygens (including phenoxy) is 1. The van der Waals surface area contributed by atoms with E-state index in [-0.39, 0.29) is 23.5 Å². The highest BCUT2D eigenvalue weighted by molar-refractivity contribution is 7.79. The lowest BCUT2D eigenvalue weighted by Gasteiger charge is -2.18. The molecule has 1 aliphatic heterocycles. The van der Waals surface area contributed by atoms with E-state index in [0.29, 0.717) is 5.69 Å². The van der Waals surface area contributed by atoms with Crippen LogP contribution >= 0.6 is 0 Å². The van der Waals surface area contributed by atoms with Gasteiger partial charge in [-0.05, 0) is 53.5 Å². The van der Waals surface area contributed by atoms with E-state index in [1.54, 1.807) is 0 Å². The lowest BCUT2D eigenvalue weighted by molar-refractivity contribution is -0.137. The first kappa shape index (κ1) is 20.8. The number of alkyl halides is 3. The summed E-state index contributed by atoms with van der Waals surface area (Å²) in [5.41, 5.74) is -0.609. The first-order valence-corrected chi connectivity index (χ1v) is 9.38. The van der Waals surface area contributed by atoms with E-state index in [0.717, 1.165) is 18.2 Å². The van der Waals surface area contributed by atoms with Crippen LogP contribution in [-0.2, 0) is 26.8 Å². The van der Waals surface area contributed by atoms with Crippen LogP contribution in [0.5, 0.6) is 0 Å². The van der Waals surface area contributed by atoms with Crippen molar-refractivity contribution in [1.29, 1.82) is 0 Å². The van der Waals surface area contributed by atoms with E-state index in [1.807, 2.05) is 0 Å². The number of hydrogen-bond acceptors (Lipinski definition) is 5. The van der Waals surface area contributed by atoms with Crippen LogP contribution in [0.4, 0.5) is 29.3 Å². The molecule has 0 bridgehead atoms. The number of carbonyl (C=O) groups is 2. The summed E-state index contributed by atoms with van der Waals surface area (Å²) in [6.07, 6.45) is -6.53. The molecule has 0 aliphatic carbocycles. The Hall–Kier alpha value is -2.92. The predicted octanol–water partition coefficient (Wildman–Crippen LogP) is 3.30. The summed E-state index contributed by atoms with van der Waals surface area (Å²) in [6.45, 7) is 0.236. The SMILES string of the molecule is O=C(Nc1cccc(C(F)(F)F)c1)O[C@H]1CCN(c2ccc(S(=O)[O-])cc2)C1=O. The zero-order valence-corrected chi connectivity index (χ0v) is 15.5. The number of benzene rings is 2. The van der Waals surface area contributed by atoms with Gasteiger partial charge in [-0.25, -0.2) is 4.79 Å². The van der Waals surface area contributed by atoms with Gasteiger partial charge in [-0.3, -0.25) is 14.3 Å². The molecule has 1 heterocycles. The number of anilines is 2. The Morgan fingerprint density at radius 3 is 2.52 bits per heavy atom. The van der Waals surface area contributed by atoms with E-state index in [4.69, 9.17) is 4.74 Å². The molecule has 3 rings (SSSR count). The van der Waals surface area contributed by atoms with Gasteiger partial charge in [0.15, 0.2) is 6.10 Å². The smallest absolute Gasteiger partial charge is 0.416 e. The average molecular weight is 427 g/mol. The lowest BCUT2D eigenvalue weighted by atomic mass is 10.2. The molecule has 7 nitrogen and oxygen atoms in total. The summed E-state index contributed by atoms with van der Waals surface area (Å²) in [7, 11) is 0. The zero-order valence-electron chi connectivity index (χ0n) is 14.6. The largest absolute Gasteiger partial charge is 0.768 e. The molecule has 154 valence electrons. The third-order valence-electron chi connectivity index (χ3n) is 4.18. The summed E-state index contributed by atoms with van der Waals surface area (Å²) in [6, 6.07) is 9.59. The second kappa shape index (κ2) is 8.21. The van der Waals surface area contributed by atoms with Gasteiger partial charge in [0, 0.05) is 29.2 Å². The maximum Gasteiger partial charge on any atom is 0.416 e. The first-order chi connectivity index (χ1) is 13.6. The van der Waals surface area contributed by atoms with Gasteiger partial charge in [-0.2, -0.15) is 13.2 Å². The van der Waals surface area contributed by atoms with Gasteiger partial charge in [0.25, 0.3) is 5.91 Å². The van der Waals surface area contributed by atoms with Gasteiger partial charge in [0.05, 0.1) is 5.56 Å². The molecule has 2 atom stereocenters. The highest BCUT2D eigenvalue weighted by Crippen LogP contribution is 2.31. The second-order valence-corrected chi connectivity index (χ2v) is 7.05. The van der Waals surface area contributed by atoms with Crippen molar-refractivity contribution >= 4 is 34.5 Å². The topological polar surface area (TPSA) is 98.8 Å². The fourth-order valence-corrected chi connectivity index (χ4v) is 3.16. The van der Waals surface area contributed by atoms with E-state index in [2.05, 4.69) is 5.32 Å². The van der Waals surface area contributed by atoms with Crippen LogP contribution in [0.3, 0.4) is 0 Å². The number of nitrogens with zero attached hydrogens (tertiary/aromatic N) is 1. The fraction of sp³-hybridized carbons (Fsp3) is 0.222. The number of hydrogen-bond donors (Lipinski definition) is 1. The van der Waals surface area contributed by atoms with Crippen LogP contribution in [-0.4, -0.2) is 33.4 Å². The van der Waals surface area contributed by atoms with Crippen LogP contribution in [0, 0.1) is 0 Å². The second-order valence-electron chi connectivity index (χ2n) is 6.10. The summed E-state index contributed by atoms with van der Waals surface area (Å²) in [5.74, 6) is -0.514. The molecule has 1 saturated heterocycles. The molecule has 1 unspecified atom stereocenters. The summed E-state index contributed by atoms with van der Waals surface area (Å²) < 4.78 is 65.0. The molecule has 1 N–H and O–H groups in total. The Bertz CT molecular complexity index is 949. The van der Waals surface area contributed by atoms with Crippen molar-refractivity contribution in [3.63, 3.8) is 0 Å². The van der Waals surface area contributed by atoms with Crippen LogP contribution in [0.25, 0.3) is 0 Å². The standard InChI is InChI=1S/C18H15F3N2O5S/c19-18(20,21)11-2-1-3-12(10-11)22-17(25)28-15-8-9-23(16(15)24)13-4-6-14(7-5-13)29(26)27/h1-7,10,15H,8-9H2,(H,22,25)(H,26,27)/p-1/t15-/m0/s1. The molecule has 2 aromatic carbocycles. The highest BCUT2D eigenvalue weighted by Gasteiger charge is 2.36. The molecule has 29 heavy (non-hydrogen) atoms. The maximum atomic E-state index is 12.7. The summed E-state index contributed by atoms with van der Waals surface area (Å²) >= 11 is -2.39. The minimum atomic E-state index is -4.56. The molecule has 0 aromatic heterocycles. The van der Waals surface area contributed by atoms with E-state index >= 15 is 0 Å². The van der Waals surface area contributed by atoms with Gasteiger partial charge < -0.3 is 14.2 Å². The fourth-order valence-electron chi connectivity index (χ4n) is 2.81. The molecule has 1 aliphatic rings. The van der Waals surface area contributed by atoms with Crippen LogP contribution < -0.4 is 10.2 Å². The number of nitrogens with one attached hydrogen (secondary N) is 1. The number of carbonyl (C=O) groups excluding carboxylic acids is 2. The Labute approximate surface area is 165 Å². The van der Waals surface area contributed by atoms with Crippen molar-refractivity contribution in [2.24, 2.45) is 0 Å². The van der Waals surface area contributed by atoms with Gasteiger partial charge in [-0.1, -0.05) is 6.07 Å². The van der Waals surface area contributed by atoms with Crippen LogP contribution in [0.1, 0.15) is 12.0 Å². The lowest BCUT2D eigenvalue weighted by Crippen LogP contribution is -2.33. The van der Waals surface area contributed by atoms with Gasteiger partial charge in [0.2, 0.25) is 0 Å². The van der Waals surface area contributed by atoms with Crippen molar-refractivity contribution in [2.75, 3.05) is 16.8 Å². The summed E-state index contributed by atoms with van der Waals surface area (Å²) in [4.78, 5) is 25.8. The van der Waals surface area contributed by atoms with E-state index in [1.165, 1.54) is 35.2 Å².